The van der Waals surface area contributed by atoms with Crippen LogP contribution < -0.4 is 19.5 Å². The molecule has 1 aliphatic carbocycles. The standard InChI is InChI=1S/C26H25N3O8S.4H2/c30-18(13-24(31)32)14-27-38(34,35)19-7-4-16(5-8-19)20-2-1-3-23(28-20)29-25(33)26(10-11-26)17-6-9-21-22(12-17)37-15-36-21;;;;/h1-9,12,18,27,30H,10-11,13-15H2,(H,31,32)(H,28,29,33);4*1H. The van der Waals surface area contributed by atoms with Gasteiger partial charge in [-0.3, -0.25) is 9.59 Å². The summed E-state index contributed by atoms with van der Waals surface area (Å²) in [6, 6.07) is 16.6. The van der Waals surface area contributed by atoms with Crippen molar-refractivity contribution in [1.82, 2.24) is 9.71 Å². The molecular formula is C26H33N3O8S. The van der Waals surface area contributed by atoms with E-state index in [4.69, 9.17) is 14.6 Å². The maximum Gasteiger partial charge on any atom is 0.306 e. The Kier molecular flexibility index (Phi) is 6.78. The summed E-state index contributed by atoms with van der Waals surface area (Å²) in [5.74, 6) is 0.250. The van der Waals surface area contributed by atoms with Crippen molar-refractivity contribution in [2.24, 2.45) is 0 Å². The Morgan fingerprint density at radius 2 is 1.79 bits per heavy atom. The molecule has 0 spiro atoms. The van der Waals surface area contributed by atoms with E-state index >= 15 is 0 Å². The number of anilines is 1. The molecule has 1 saturated carbocycles. The second-order valence-corrected chi connectivity index (χ2v) is 10.9. The number of amides is 1. The predicted molar refractivity (Wildman–Crippen MR) is 144 cm³/mol. The van der Waals surface area contributed by atoms with Gasteiger partial charge in [0.25, 0.3) is 0 Å². The topological polar surface area (TPSA) is 164 Å². The Morgan fingerprint density at radius 3 is 2.50 bits per heavy atom. The number of carbonyl (C=O) groups excluding carboxylic acids is 1. The predicted octanol–water partition coefficient (Wildman–Crippen LogP) is 3.25. The molecule has 2 heterocycles. The van der Waals surface area contributed by atoms with E-state index in [2.05, 4.69) is 15.0 Å². The van der Waals surface area contributed by atoms with E-state index in [0.717, 1.165) is 5.56 Å². The first-order chi connectivity index (χ1) is 18.2. The smallest absolute Gasteiger partial charge is 0.306 e. The number of aliphatic hydroxyl groups excluding tert-OH is 1. The third kappa shape index (κ3) is 5.32. The lowest BCUT2D eigenvalue weighted by atomic mass is 9.94. The SMILES string of the molecule is O=C(O)CC(O)CNS(=O)(=O)c1ccc(-c2cccc(NC(=O)C3(c4ccc5c(c4)OCO5)CC3)n2)cc1.[HH].[HH].[HH].[HH]. The highest BCUT2D eigenvalue weighted by Crippen LogP contribution is 2.51. The molecule has 2 aromatic carbocycles. The number of carbonyl (C=O) groups is 2. The van der Waals surface area contributed by atoms with Gasteiger partial charge in [0.15, 0.2) is 11.5 Å². The summed E-state index contributed by atoms with van der Waals surface area (Å²) in [5, 5.41) is 21.2. The van der Waals surface area contributed by atoms with Crippen molar-refractivity contribution >= 4 is 27.7 Å². The molecule has 1 atom stereocenters. The van der Waals surface area contributed by atoms with Gasteiger partial charge in [0.2, 0.25) is 22.7 Å². The Hall–Kier alpha value is -4.00. The molecule has 38 heavy (non-hydrogen) atoms. The molecule has 206 valence electrons. The number of nitrogens with zero attached hydrogens (tertiary/aromatic N) is 1. The number of benzene rings is 2. The van der Waals surface area contributed by atoms with Crippen LogP contribution in [-0.4, -0.2) is 54.9 Å². The number of carboxylic acids is 1. The first-order valence-corrected chi connectivity index (χ1v) is 13.3. The number of rotatable bonds is 10. The van der Waals surface area contributed by atoms with Crippen LogP contribution in [0.5, 0.6) is 11.5 Å². The molecule has 3 aromatic rings. The van der Waals surface area contributed by atoms with Crippen LogP contribution in [0, 0.1) is 0 Å². The van der Waals surface area contributed by atoms with Gasteiger partial charge < -0.3 is 25.0 Å². The summed E-state index contributed by atoms with van der Waals surface area (Å²) in [6.07, 6.45) is -0.508. The zero-order valence-electron chi connectivity index (χ0n) is 20.1. The molecule has 1 aromatic heterocycles. The lowest BCUT2D eigenvalue weighted by Gasteiger charge is -2.16. The van der Waals surface area contributed by atoms with Crippen molar-refractivity contribution in [1.29, 1.82) is 0 Å². The lowest BCUT2D eigenvalue weighted by molar-refractivity contribution is -0.139. The number of aliphatic carboxylic acids is 1. The number of ether oxygens (including phenoxy) is 2. The van der Waals surface area contributed by atoms with Gasteiger partial charge in [-0.2, -0.15) is 0 Å². The van der Waals surface area contributed by atoms with Crippen LogP contribution in [-0.2, 0) is 25.0 Å². The maximum atomic E-state index is 13.2. The Balaban J connectivity index is 0.00000220. The van der Waals surface area contributed by atoms with Gasteiger partial charge in [-0.1, -0.05) is 24.3 Å². The number of fused-ring (bicyclic) bond motifs is 1. The number of aromatic nitrogens is 1. The average molecular weight is 548 g/mol. The minimum absolute atomic E-state index is 0. The van der Waals surface area contributed by atoms with Crippen LogP contribution in [0.4, 0.5) is 5.82 Å². The Labute approximate surface area is 224 Å². The highest BCUT2D eigenvalue weighted by atomic mass is 32.2. The second-order valence-electron chi connectivity index (χ2n) is 9.14. The van der Waals surface area contributed by atoms with Crippen molar-refractivity contribution in [3.63, 3.8) is 0 Å². The van der Waals surface area contributed by atoms with Crippen LogP contribution in [0.2, 0.25) is 0 Å². The summed E-state index contributed by atoms with van der Waals surface area (Å²) >= 11 is 0. The molecule has 11 nitrogen and oxygen atoms in total. The fraction of sp³-hybridized carbons (Fsp3) is 0.269. The monoisotopic (exact) mass is 547 g/mol. The van der Waals surface area contributed by atoms with Crippen LogP contribution in [0.25, 0.3) is 11.3 Å². The summed E-state index contributed by atoms with van der Waals surface area (Å²) in [5.41, 5.74) is 1.36. The van der Waals surface area contributed by atoms with E-state index < -0.39 is 40.5 Å². The zero-order chi connectivity index (χ0) is 26.9. The molecule has 5 rings (SSSR count). The molecule has 1 fully saturated rings. The lowest BCUT2D eigenvalue weighted by Crippen LogP contribution is -2.33. The quantitative estimate of drug-likeness (QED) is 0.298. The van der Waals surface area contributed by atoms with Crippen molar-refractivity contribution in [3.05, 3.63) is 66.2 Å². The van der Waals surface area contributed by atoms with Gasteiger partial charge in [-0.05, 0) is 54.8 Å². The van der Waals surface area contributed by atoms with E-state index in [1.54, 1.807) is 30.3 Å². The number of pyridine rings is 1. The van der Waals surface area contributed by atoms with E-state index in [1.165, 1.54) is 12.1 Å². The minimum Gasteiger partial charge on any atom is -0.481 e. The third-order valence-electron chi connectivity index (χ3n) is 6.48. The molecule has 0 saturated heterocycles. The fourth-order valence-corrected chi connectivity index (χ4v) is 5.31. The Bertz CT molecular complexity index is 1510. The third-order valence-corrected chi connectivity index (χ3v) is 7.92. The molecule has 1 amide bonds. The highest BCUT2D eigenvalue weighted by molar-refractivity contribution is 7.89. The maximum absolute atomic E-state index is 13.2. The van der Waals surface area contributed by atoms with Crippen molar-refractivity contribution in [2.45, 2.75) is 35.7 Å². The first kappa shape index (κ1) is 25.6. The number of hydrogen-bond donors (Lipinski definition) is 4. The first-order valence-electron chi connectivity index (χ1n) is 11.8. The number of nitrogens with one attached hydrogen (secondary N) is 2. The van der Waals surface area contributed by atoms with Crippen molar-refractivity contribution in [2.75, 3.05) is 18.7 Å². The minimum atomic E-state index is -3.95. The van der Waals surface area contributed by atoms with Crippen molar-refractivity contribution in [3.8, 4) is 22.8 Å². The fourth-order valence-electron chi connectivity index (χ4n) is 4.23. The number of hydrogen-bond acceptors (Lipinski definition) is 8. The van der Waals surface area contributed by atoms with E-state index in [1.807, 2.05) is 18.2 Å². The number of carboxylic acid groups (broad SMARTS) is 1. The molecule has 2 aliphatic rings. The van der Waals surface area contributed by atoms with Gasteiger partial charge >= 0.3 is 5.97 Å². The van der Waals surface area contributed by atoms with Crippen LogP contribution in [0.1, 0.15) is 30.5 Å². The largest absolute Gasteiger partial charge is 0.481 e. The van der Waals surface area contributed by atoms with Gasteiger partial charge in [-0.25, -0.2) is 18.1 Å². The average Bonchev–Trinajstić information content (AvgIpc) is 3.58. The summed E-state index contributed by atoms with van der Waals surface area (Å²) in [4.78, 5) is 28.3. The molecule has 1 aliphatic heterocycles. The molecule has 4 N–H and O–H groups in total. The normalized spacial score (nSPS) is 16.0. The molecule has 1 unspecified atom stereocenters. The van der Waals surface area contributed by atoms with Gasteiger partial charge in [0.1, 0.15) is 5.82 Å². The van der Waals surface area contributed by atoms with Crippen molar-refractivity contribution < 1.29 is 43.4 Å². The number of aliphatic hydroxyl groups is 1. The van der Waals surface area contributed by atoms with E-state index in [9.17, 15) is 23.1 Å². The van der Waals surface area contributed by atoms with Crippen LogP contribution in [0.15, 0.2) is 65.6 Å². The van der Waals surface area contributed by atoms with Gasteiger partial charge in [0, 0.05) is 17.8 Å². The van der Waals surface area contributed by atoms with E-state index in [-0.39, 0.29) is 23.3 Å². The molecule has 12 heteroatoms. The molecule has 0 radical (unpaired) electrons. The molecular weight excluding hydrogens is 514 g/mol. The number of sulfonamides is 1. The second kappa shape index (κ2) is 10.0. The summed E-state index contributed by atoms with van der Waals surface area (Å²) in [6.45, 7) is -0.262. The Morgan fingerprint density at radius 1 is 1.05 bits per heavy atom. The van der Waals surface area contributed by atoms with Crippen LogP contribution >= 0.6 is 0 Å². The molecule has 0 bridgehead atoms. The summed E-state index contributed by atoms with van der Waals surface area (Å²) < 4.78 is 38.0. The van der Waals surface area contributed by atoms with E-state index in [0.29, 0.717) is 41.4 Å². The van der Waals surface area contributed by atoms with Gasteiger partial charge in [0.05, 0.1) is 28.5 Å². The van der Waals surface area contributed by atoms with Gasteiger partial charge in [-0.15, -0.1) is 0 Å². The van der Waals surface area contributed by atoms with Crippen LogP contribution in [0.3, 0.4) is 0 Å². The highest BCUT2D eigenvalue weighted by Gasteiger charge is 2.51. The zero-order valence-corrected chi connectivity index (χ0v) is 20.9. The summed E-state index contributed by atoms with van der Waals surface area (Å²) in [7, 11) is -3.95.